The van der Waals surface area contributed by atoms with Crippen LogP contribution in [0.4, 0.5) is 0 Å². The van der Waals surface area contributed by atoms with Crippen LogP contribution < -0.4 is 0 Å². The van der Waals surface area contributed by atoms with E-state index in [1.807, 2.05) is 18.2 Å². The van der Waals surface area contributed by atoms with Crippen LogP contribution >= 0.6 is 43.5 Å². The smallest absolute Gasteiger partial charge is 0.0460 e. The molecular weight excluding hydrogens is 291 g/mol. The lowest BCUT2D eigenvalue weighted by molar-refractivity contribution is 1.12. The Kier molecular flexibility index (Phi) is 3.41. The third-order valence-electron chi connectivity index (χ3n) is 1.39. The molecule has 0 nitrogen and oxygen atoms in total. The van der Waals surface area contributed by atoms with Crippen molar-refractivity contribution in [2.75, 3.05) is 0 Å². The standard InChI is InChI=1S/C8H7Br2Cl/c1-5(9)7-3-2-6(10)4-8(7)11/h2-5H,1H3. The maximum absolute atomic E-state index is 5.96. The average molecular weight is 298 g/mol. The molecule has 3 heteroatoms. The number of rotatable bonds is 1. The molecule has 1 rings (SSSR count). The minimum absolute atomic E-state index is 0.308. The van der Waals surface area contributed by atoms with Crippen molar-refractivity contribution in [1.82, 2.24) is 0 Å². The van der Waals surface area contributed by atoms with Gasteiger partial charge in [-0.25, -0.2) is 0 Å². The second kappa shape index (κ2) is 3.92. The van der Waals surface area contributed by atoms with Crippen molar-refractivity contribution in [2.24, 2.45) is 0 Å². The SMILES string of the molecule is CC(Br)c1ccc(Br)cc1Cl. The van der Waals surface area contributed by atoms with Crippen molar-refractivity contribution in [2.45, 2.75) is 11.8 Å². The van der Waals surface area contributed by atoms with Crippen LogP contribution in [0.15, 0.2) is 22.7 Å². The first-order valence-electron chi connectivity index (χ1n) is 3.20. The van der Waals surface area contributed by atoms with Gasteiger partial charge in [-0.3, -0.25) is 0 Å². The zero-order chi connectivity index (χ0) is 8.43. The summed E-state index contributed by atoms with van der Waals surface area (Å²) in [6.07, 6.45) is 0. The molecule has 0 fully saturated rings. The lowest BCUT2D eigenvalue weighted by Gasteiger charge is -2.05. The van der Waals surface area contributed by atoms with E-state index in [0.717, 1.165) is 15.1 Å². The fourth-order valence-electron chi connectivity index (χ4n) is 0.824. The molecule has 0 aliphatic rings. The summed E-state index contributed by atoms with van der Waals surface area (Å²) in [5.74, 6) is 0. The third-order valence-corrected chi connectivity index (χ3v) is 2.70. The second-order valence-corrected chi connectivity index (χ2v) is 4.98. The summed E-state index contributed by atoms with van der Waals surface area (Å²) in [5.41, 5.74) is 1.12. The van der Waals surface area contributed by atoms with E-state index in [1.165, 1.54) is 0 Å². The Morgan fingerprint density at radius 2 is 2.09 bits per heavy atom. The molecular formula is C8H7Br2Cl. The van der Waals surface area contributed by atoms with E-state index in [1.54, 1.807) is 0 Å². The highest BCUT2D eigenvalue weighted by atomic mass is 79.9. The fourth-order valence-corrected chi connectivity index (χ4v) is 2.19. The zero-order valence-electron chi connectivity index (χ0n) is 5.94. The van der Waals surface area contributed by atoms with Gasteiger partial charge in [0.05, 0.1) is 0 Å². The van der Waals surface area contributed by atoms with Crippen molar-refractivity contribution < 1.29 is 0 Å². The lowest BCUT2D eigenvalue weighted by Crippen LogP contribution is -1.84. The minimum Gasteiger partial charge on any atom is -0.0841 e. The Hall–Kier alpha value is 0.470. The molecule has 0 N–H and O–H groups in total. The van der Waals surface area contributed by atoms with E-state index in [-0.39, 0.29) is 0 Å². The maximum atomic E-state index is 5.96. The number of halogens is 3. The topological polar surface area (TPSA) is 0 Å². The van der Waals surface area contributed by atoms with Crippen LogP contribution in [-0.2, 0) is 0 Å². The molecule has 0 aliphatic carbocycles. The van der Waals surface area contributed by atoms with Crippen LogP contribution in [0.1, 0.15) is 17.3 Å². The molecule has 11 heavy (non-hydrogen) atoms. The second-order valence-electron chi connectivity index (χ2n) is 2.28. The largest absolute Gasteiger partial charge is 0.0841 e. The van der Waals surface area contributed by atoms with Crippen molar-refractivity contribution in [1.29, 1.82) is 0 Å². The van der Waals surface area contributed by atoms with E-state index in [0.29, 0.717) is 4.83 Å². The molecule has 1 atom stereocenters. The molecule has 0 aliphatic heterocycles. The van der Waals surface area contributed by atoms with Crippen LogP contribution in [0.3, 0.4) is 0 Å². The van der Waals surface area contributed by atoms with Crippen LogP contribution in [0.2, 0.25) is 5.02 Å². The highest BCUT2D eigenvalue weighted by Crippen LogP contribution is 2.30. The van der Waals surface area contributed by atoms with Gasteiger partial charge in [-0.15, -0.1) is 0 Å². The zero-order valence-corrected chi connectivity index (χ0v) is 9.87. The Morgan fingerprint density at radius 3 is 2.55 bits per heavy atom. The number of alkyl halides is 1. The molecule has 0 heterocycles. The quantitative estimate of drug-likeness (QED) is 0.667. The summed E-state index contributed by atoms with van der Waals surface area (Å²) in [7, 11) is 0. The predicted molar refractivity (Wildman–Crippen MR) is 56.5 cm³/mol. The third kappa shape index (κ3) is 2.46. The molecule has 0 saturated heterocycles. The molecule has 0 saturated carbocycles. The Morgan fingerprint density at radius 1 is 1.45 bits per heavy atom. The van der Waals surface area contributed by atoms with Crippen molar-refractivity contribution >= 4 is 43.5 Å². The molecule has 1 aromatic carbocycles. The summed E-state index contributed by atoms with van der Waals surface area (Å²) in [6.45, 7) is 2.05. The molecule has 0 radical (unpaired) electrons. The van der Waals surface area contributed by atoms with Gasteiger partial charge in [0.15, 0.2) is 0 Å². The van der Waals surface area contributed by atoms with E-state index in [2.05, 4.69) is 38.8 Å². The first-order chi connectivity index (χ1) is 5.11. The van der Waals surface area contributed by atoms with E-state index in [9.17, 15) is 0 Å². The molecule has 60 valence electrons. The molecule has 1 aromatic rings. The highest BCUT2D eigenvalue weighted by Gasteiger charge is 2.05. The minimum atomic E-state index is 0.308. The van der Waals surface area contributed by atoms with E-state index in [4.69, 9.17) is 11.6 Å². The van der Waals surface area contributed by atoms with Crippen LogP contribution in [-0.4, -0.2) is 0 Å². The van der Waals surface area contributed by atoms with Gasteiger partial charge in [-0.2, -0.15) is 0 Å². The van der Waals surface area contributed by atoms with Crippen molar-refractivity contribution in [3.63, 3.8) is 0 Å². The lowest BCUT2D eigenvalue weighted by atomic mass is 10.2. The Labute approximate surface area is 88.2 Å². The monoisotopic (exact) mass is 296 g/mol. The maximum Gasteiger partial charge on any atom is 0.0460 e. The Balaban J connectivity index is 3.09. The molecule has 0 spiro atoms. The summed E-state index contributed by atoms with van der Waals surface area (Å²) < 4.78 is 1.01. The van der Waals surface area contributed by atoms with E-state index >= 15 is 0 Å². The van der Waals surface area contributed by atoms with E-state index < -0.39 is 0 Å². The predicted octanol–water partition coefficient (Wildman–Crippen LogP) is 4.56. The first kappa shape index (κ1) is 9.56. The Bertz CT molecular complexity index is 258. The fraction of sp³-hybridized carbons (Fsp3) is 0.250. The van der Waals surface area contributed by atoms with Crippen molar-refractivity contribution in [3.05, 3.63) is 33.3 Å². The number of hydrogen-bond acceptors (Lipinski definition) is 0. The van der Waals surface area contributed by atoms with Crippen LogP contribution in [0.5, 0.6) is 0 Å². The van der Waals surface area contributed by atoms with Crippen molar-refractivity contribution in [3.8, 4) is 0 Å². The normalized spacial score (nSPS) is 13.1. The first-order valence-corrected chi connectivity index (χ1v) is 5.29. The van der Waals surface area contributed by atoms with Gasteiger partial charge in [0.2, 0.25) is 0 Å². The summed E-state index contributed by atoms with van der Waals surface area (Å²) in [6, 6.07) is 5.89. The van der Waals surface area contributed by atoms with Crippen LogP contribution in [0, 0.1) is 0 Å². The van der Waals surface area contributed by atoms with Gasteiger partial charge < -0.3 is 0 Å². The van der Waals surface area contributed by atoms with Crippen LogP contribution in [0.25, 0.3) is 0 Å². The van der Waals surface area contributed by atoms with Gasteiger partial charge in [-0.1, -0.05) is 49.5 Å². The number of benzene rings is 1. The van der Waals surface area contributed by atoms with Gasteiger partial charge >= 0.3 is 0 Å². The highest BCUT2D eigenvalue weighted by molar-refractivity contribution is 9.10. The summed E-state index contributed by atoms with van der Waals surface area (Å²) in [5, 5.41) is 0.795. The average Bonchev–Trinajstić information content (AvgIpc) is 1.85. The molecule has 0 amide bonds. The summed E-state index contributed by atoms with van der Waals surface area (Å²) in [4.78, 5) is 0.308. The van der Waals surface area contributed by atoms with Gasteiger partial charge in [-0.05, 0) is 24.6 Å². The van der Waals surface area contributed by atoms with Gasteiger partial charge in [0.25, 0.3) is 0 Å². The molecule has 0 bridgehead atoms. The summed E-state index contributed by atoms with van der Waals surface area (Å²) >= 11 is 12.8. The number of hydrogen-bond donors (Lipinski definition) is 0. The van der Waals surface area contributed by atoms with Gasteiger partial charge in [0.1, 0.15) is 0 Å². The molecule has 0 aromatic heterocycles. The molecule has 1 unspecified atom stereocenters. The van der Waals surface area contributed by atoms with Gasteiger partial charge in [0, 0.05) is 14.3 Å².